The fraction of sp³-hybridized carbons (Fsp3) is 0.167. The van der Waals surface area contributed by atoms with Gasteiger partial charge in [-0.25, -0.2) is 4.57 Å². The molecule has 94 valence electrons. The SMILES string of the molecule is C=CCc1ccccc1CC=C.O=P(O)(O)O. The van der Waals surface area contributed by atoms with Gasteiger partial charge in [-0.2, -0.15) is 0 Å². The molecule has 0 aliphatic rings. The van der Waals surface area contributed by atoms with E-state index in [4.69, 9.17) is 19.2 Å². The first kappa shape index (κ1) is 15.8. The fourth-order valence-electron chi connectivity index (χ4n) is 1.27. The quantitative estimate of drug-likeness (QED) is 0.570. The highest BCUT2D eigenvalue weighted by Crippen LogP contribution is 2.25. The second-order valence-electron chi connectivity index (χ2n) is 3.27. The Labute approximate surface area is 101 Å². The maximum absolute atomic E-state index is 8.88. The van der Waals surface area contributed by atoms with E-state index in [-0.39, 0.29) is 0 Å². The zero-order valence-electron chi connectivity index (χ0n) is 9.49. The molecule has 0 aliphatic carbocycles. The van der Waals surface area contributed by atoms with Gasteiger partial charge in [0.25, 0.3) is 0 Å². The Morgan fingerprint density at radius 1 is 1.00 bits per heavy atom. The number of benzene rings is 1. The molecule has 3 N–H and O–H groups in total. The van der Waals surface area contributed by atoms with Gasteiger partial charge in [0, 0.05) is 0 Å². The zero-order valence-corrected chi connectivity index (χ0v) is 10.4. The van der Waals surface area contributed by atoms with E-state index in [0.717, 1.165) is 12.8 Å². The van der Waals surface area contributed by atoms with E-state index in [1.54, 1.807) is 0 Å². The Bertz CT molecular complexity index is 371. The van der Waals surface area contributed by atoms with Gasteiger partial charge in [-0.1, -0.05) is 36.4 Å². The summed E-state index contributed by atoms with van der Waals surface area (Å²) in [6, 6.07) is 8.40. The van der Waals surface area contributed by atoms with Gasteiger partial charge in [0.15, 0.2) is 0 Å². The highest BCUT2D eigenvalue weighted by Gasteiger charge is 2.00. The molecule has 0 unspecified atom stereocenters. The lowest BCUT2D eigenvalue weighted by atomic mass is 10.0. The molecule has 5 heteroatoms. The van der Waals surface area contributed by atoms with Crippen molar-refractivity contribution in [2.45, 2.75) is 12.8 Å². The van der Waals surface area contributed by atoms with Gasteiger partial charge in [-0.3, -0.25) is 0 Å². The highest BCUT2D eigenvalue weighted by atomic mass is 31.2. The Morgan fingerprint density at radius 3 is 1.53 bits per heavy atom. The summed E-state index contributed by atoms with van der Waals surface area (Å²) in [7, 11) is -4.64. The molecule has 0 atom stereocenters. The maximum atomic E-state index is 8.88. The molecule has 0 heterocycles. The van der Waals surface area contributed by atoms with Gasteiger partial charge >= 0.3 is 7.82 Å². The fourth-order valence-corrected chi connectivity index (χ4v) is 1.27. The van der Waals surface area contributed by atoms with Crippen molar-refractivity contribution in [3.8, 4) is 0 Å². The summed E-state index contributed by atoms with van der Waals surface area (Å²) < 4.78 is 8.88. The number of hydrogen-bond donors (Lipinski definition) is 3. The summed E-state index contributed by atoms with van der Waals surface area (Å²) >= 11 is 0. The molecule has 0 amide bonds. The van der Waals surface area contributed by atoms with Crippen LogP contribution in [0.3, 0.4) is 0 Å². The third-order valence-electron chi connectivity index (χ3n) is 1.85. The first-order valence-electron chi connectivity index (χ1n) is 4.95. The monoisotopic (exact) mass is 256 g/mol. The Morgan fingerprint density at radius 2 is 1.29 bits per heavy atom. The molecule has 0 spiro atoms. The van der Waals surface area contributed by atoms with Crippen LogP contribution < -0.4 is 0 Å². The number of allylic oxidation sites excluding steroid dienone is 2. The van der Waals surface area contributed by atoms with Gasteiger partial charge in [-0.15, -0.1) is 13.2 Å². The molecule has 1 aromatic carbocycles. The minimum absolute atomic E-state index is 0.948. The Kier molecular flexibility index (Phi) is 7.42. The summed E-state index contributed by atoms with van der Waals surface area (Å²) in [4.78, 5) is 21.6. The number of phosphoric acid groups is 1. The van der Waals surface area contributed by atoms with Gasteiger partial charge in [0.05, 0.1) is 0 Å². The van der Waals surface area contributed by atoms with Crippen LogP contribution in [0.4, 0.5) is 0 Å². The van der Waals surface area contributed by atoms with Crippen molar-refractivity contribution in [2.24, 2.45) is 0 Å². The van der Waals surface area contributed by atoms with Gasteiger partial charge in [0.2, 0.25) is 0 Å². The predicted molar refractivity (Wildman–Crippen MR) is 68.5 cm³/mol. The second-order valence-corrected chi connectivity index (χ2v) is 4.29. The first-order valence-corrected chi connectivity index (χ1v) is 6.52. The molecule has 0 radical (unpaired) electrons. The average molecular weight is 256 g/mol. The van der Waals surface area contributed by atoms with Crippen molar-refractivity contribution in [2.75, 3.05) is 0 Å². The lowest BCUT2D eigenvalue weighted by molar-refractivity contribution is 0.275. The second kappa shape index (κ2) is 7.98. The standard InChI is InChI=1S/C12H14.H3O4P/c1-3-7-11-9-5-6-10-12(11)8-4-2;1-5(2,3)4/h3-6,9-10H,1-2,7-8H2;(H3,1,2,3,4). The predicted octanol–water partition coefficient (Wildman–Crippen LogP) is 2.22. The molecule has 0 aromatic heterocycles. The van der Waals surface area contributed by atoms with Crippen LogP contribution in [0.1, 0.15) is 11.1 Å². The minimum Gasteiger partial charge on any atom is -0.303 e. The molecule has 0 saturated heterocycles. The van der Waals surface area contributed by atoms with E-state index in [9.17, 15) is 0 Å². The van der Waals surface area contributed by atoms with E-state index >= 15 is 0 Å². The maximum Gasteiger partial charge on any atom is 0.466 e. The topological polar surface area (TPSA) is 77.8 Å². The summed E-state index contributed by atoms with van der Waals surface area (Å²) in [5.41, 5.74) is 2.71. The third-order valence-corrected chi connectivity index (χ3v) is 1.85. The summed E-state index contributed by atoms with van der Waals surface area (Å²) in [6.07, 6.45) is 5.76. The molecular formula is C12H17O4P. The van der Waals surface area contributed by atoms with Crippen LogP contribution in [0.5, 0.6) is 0 Å². The molecule has 1 rings (SSSR count). The van der Waals surface area contributed by atoms with Crippen molar-refractivity contribution in [3.05, 3.63) is 60.7 Å². The van der Waals surface area contributed by atoms with E-state index < -0.39 is 7.82 Å². The van der Waals surface area contributed by atoms with Gasteiger partial charge in [0.1, 0.15) is 0 Å². The Balaban J connectivity index is 0.000000437. The van der Waals surface area contributed by atoms with Crippen LogP contribution in [-0.2, 0) is 17.4 Å². The van der Waals surface area contributed by atoms with E-state index in [2.05, 4.69) is 37.4 Å². The molecule has 0 bridgehead atoms. The van der Waals surface area contributed by atoms with Gasteiger partial charge < -0.3 is 14.7 Å². The smallest absolute Gasteiger partial charge is 0.303 e. The van der Waals surface area contributed by atoms with Crippen LogP contribution in [-0.4, -0.2) is 14.7 Å². The molecule has 0 fully saturated rings. The summed E-state index contributed by atoms with van der Waals surface area (Å²) in [6.45, 7) is 7.46. The van der Waals surface area contributed by atoms with Crippen LogP contribution in [0.25, 0.3) is 0 Å². The third kappa shape index (κ3) is 9.72. The average Bonchev–Trinajstić information content (AvgIpc) is 2.19. The van der Waals surface area contributed by atoms with Crippen molar-refractivity contribution in [1.82, 2.24) is 0 Å². The van der Waals surface area contributed by atoms with E-state index in [1.807, 2.05) is 12.2 Å². The summed E-state index contributed by atoms with van der Waals surface area (Å²) in [5, 5.41) is 0. The minimum atomic E-state index is -4.64. The lowest BCUT2D eigenvalue weighted by Crippen LogP contribution is -1.89. The molecule has 4 nitrogen and oxygen atoms in total. The largest absolute Gasteiger partial charge is 0.466 e. The van der Waals surface area contributed by atoms with Crippen LogP contribution in [0.15, 0.2) is 49.6 Å². The van der Waals surface area contributed by atoms with Gasteiger partial charge in [-0.05, 0) is 24.0 Å². The van der Waals surface area contributed by atoms with Crippen molar-refractivity contribution < 1.29 is 19.2 Å². The molecular weight excluding hydrogens is 239 g/mol. The Hall–Kier alpha value is -1.19. The van der Waals surface area contributed by atoms with Crippen molar-refractivity contribution in [3.63, 3.8) is 0 Å². The first-order chi connectivity index (χ1) is 7.88. The van der Waals surface area contributed by atoms with Crippen LogP contribution >= 0.6 is 7.82 Å². The number of rotatable bonds is 4. The molecule has 17 heavy (non-hydrogen) atoms. The molecule has 0 aliphatic heterocycles. The van der Waals surface area contributed by atoms with Crippen LogP contribution in [0, 0.1) is 0 Å². The normalized spacial score (nSPS) is 10.1. The zero-order chi connectivity index (χ0) is 13.3. The lowest BCUT2D eigenvalue weighted by Gasteiger charge is -2.03. The van der Waals surface area contributed by atoms with E-state index in [0.29, 0.717) is 0 Å². The molecule has 1 aromatic rings. The highest BCUT2D eigenvalue weighted by molar-refractivity contribution is 7.45. The molecule has 0 saturated carbocycles. The van der Waals surface area contributed by atoms with Crippen molar-refractivity contribution >= 4 is 7.82 Å². The van der Waals surface area contributed by atoms with Crippen LogP contribution in [0.2, 0.25) is 0 Å². The summed E-state index contributed by atoms with van der Waals surface area (Å²) in [5.74, 6) is 0. The number of hydrogen-bond acceptors (Lipinski definition) is 1. The van der Waals surface area contributed by atoms with E-state index in [1.165, 1.54) is 11.1 Å². The van der Waals surface area contributed by atoms with Crippen molar-refractivity contribution in [1.29, 1.82) is 0 Å².